The molecule has 106 valence electrons. The average molecular weight is 311 g/mol. The molecule has 0 aliphatic rings. The van der Waals surface area contributed by atoms with Crippen molar-refractivity contribution >= 4 is 27.3 Å². The first-order chi connectivity index (χ1) is 9.41. The van der Waals surface area contributed by atoms with Gasteiger partial charge in [0.1, 0.15) is 0 Å². The Bertz CT molecular complexity index is 702. The van der Waals surface area contributed by atoms with Crippen LogP contribution in [-0.4, -0.2) is 19.8 Å². The van der Waals surface area contributed by atoms with Crippen molar-refractivity contribution in [1.29, 1.82) is 0 Å². The number of halogens is 1. The van der Waals surface area contributed by atoms with Crippen molar-refractivity contribution in [2.45, 2.75) is 11.4 Å². The molecule has 0 heterocycles. The molecule has 0 aliphatic heterocycles. The van der Waals surface area contributed by atoms with E-state index in [0.29, 0.717) is 11.6 Å². The fourth-order valence-electron chi connectivity index (χ4n) is 1.79. The Morgan fingerprint density at radius 2 is 1.80 bits per heavy atom. The highest BCUT2D eigenvalue weighted by Gasteiger charge is 2.21. The predicted octanol–water partition coefficient (Wildman–Crippen LogP) is 2.74. The molecule has 2 N–H and O–H groups in total. The van der Waals surface area contributed by atoms with Gasteiger partial charge in [-0.05, 0) is 23.8 Å². The largest absolute Gasteiger partial charge is 0.397 e. The topological polar surface area (TPSA) is 63.4 Å². The zero-order valence-electron chi connectivity index (χ0n) is 11.0. The third-order valence-electron chi connectivity index (χ3n) is 2.92. The van der Waals surface area contributed by atoms with Crippen LogP contribution in [0.25, 0.3) is 0 Å². The van der Waals surface area contributed by atoms with E-state index >= 15 is 0 Å². The highest BCUT2D eigenvalue weighted by Crippen LogP contribution is 2.24. The van der Waals surface area contributed by atoms with Crippen molar-refractivity contribution in [1.82, 2.24) is 4.31 Å². The van der Waals surface area contributed by atoms with Crippen molar-refractivity contribution in [2.24, 2.45) is 0 Å². The summed E-state index contributed by atoms with van der Waals surface area (Å²) in [6.07, 6.45) is 0. The molecule has 4 nitrogen and oxygen atoms in total. The van der Waals surface area contributed by atoms with E-state index < -0.39 is 10.0 Å². The number of nitrogen functional groups attached to an aromatic ring is 1. The van der Waals surface area contributed by atoms with E-state index in [9.17, 15) is 8.42 Å². The molecule has 2 rings (SSSR count). The van der Waals surface area contributed by atoms with E-state index in [1.807, 2.05) is 30.3 Å². The summed E-state index contributed by atoms with van der Waals surface area (Å²) in [5.41, 5.74) is 6.82. The van der Waals surface area contributed by atoms with Crippen molar-refractivity contribution in [3.63, 3.8) is 0 Å². The Labute approximate surface area is 123 Å². The van der Waals surface area contributed by atoms with Crippen molar-refractivity contribution in [3.05, 3.63) is 59.1 Å². The van der Waals surface area contributed by atoms with Gasteiger partial charge in [-0.3, -0.25) is 0 Å². The summed E-state index contributed by atoms with van der Waals surface area (Å²) >= 11 is 5.81. The lowest BCUT2D eigenvalue weighted by atomic mass is 10.2. The van der Waals surface area contributed by atoms with E-state index in [1.54, 1.807) is 0 Å². The molecule has 0 spiro atoms. The summed E-state index contributed by atoms with van der Waals surface area (Å²) in [6.45, 7) is 0.297. The molecule has 0 amide bonds. The molecular formula is C14H15ClN2O2S. The molecular weight excluding hydrogens is 296 g/mol. The molecule has 0 radical (unpaired) electrons. The minimum Gasteiger partial charge on any atom is -0.397 e. The lowest BCUT2D eigenvalue weighted by Crippen LogP contribution is -2.26. The van der Waals surface area contributed by atoms with Crippen LogP contribution in [0.1, 0.15) is 5.56 Å². The summed E-state index contributed by atoms with van der Waals surface area (Å²) in [5.74, 6) is 0. The molecule has 2 aromatic rings. The fourth-order valence-corrected chi connectivity index (χ4v) is 3.10. The first-order valence-corrected chi connectivity index (χ1v) is 7.78. The van der Waals surface area contributed by atoms with E-state index in [0.717, 1.165) is 5.56 Å². The van der Waals surface area contributed by atoms with Gasteiger partial charge in [-0.25, -0.2) is 8.42 Å². The molecule has 6 heteroatoms. The van der Waals surface area contributed by atoms with Crippen LogP contribution in [0.5, 0.6) is 0 Å². The number of hydrogen-bond acceptors (Lipinski definition) is 3. The fraction of sp³-hybridized carbons (Fsp3) is 0.143. The van der Waals surface area contributed by atoms with Gasteiger partial charge in [-0.1, -0.05) is 41.9 Å². The van der Waals surface area contributed by atoms with Crippen LogP contribution < -0.4 is 5.73 Å². The molecule has 0 aromatic heterocycles. The number of benzene rings is 2. The maximum Gasteiger partial charge on any atom is 0.243 e. The molecule has 0 bridgehead atoms. The Morgan fingerprint density at radius 3 is 2.40 bits per heavy atom. The highest BCUT2D eigenvalue weighted by molar-refractivity contribution is 7.89. The van der Waals surface area contributed by atoms with Gasteiger partial charge in [0, 0.05) is 13.6 Å². The maximum absolute atomic E-state index is 12.4. The summed E-state index contributed by atoms with van der Waals surface area (Å²) in [4.78, 5) is 0.137. The third-order valence-corrected chi connectivity index (χ3v) is 5.07. The number of sulfonamides is 1. The quantitative estimate of drug-likeness (QED) is 0.883. The lowest BCUT2D eigenvalue weighted by molar-refractivity contribution is 0.467. The van der Waals surface area contributed by atoms with Gasteiger partial charge in [-0.15, -0.1) is 0 Å². The van der Waals surface area contributed by atoms with Crippen LogP contribution in [0, 0.1) is 0 Å². The predicted molar refractivity (Wildman–Crippen MR) is 81.0 cm³/mol. The molecule has 2 aromatic carbocycles. The van der Waals surface area contributed by atoms with Gasteiger partial charge in [-0.2, -0.15) is 4.31 Å². The van der Waals surface area contributed by atoms with E-state index in [2.05, 4.69) is 0 Å². The third kappa shape index (κ3) is 3.12. The second-order valence-corrected chi connectivity index (χ2v) is 6.88. The smallest absolute Gasteiger partial charge is 0.243 e. The molecule has 0 unspecified atom stereocenters. The number of anilines is 1. The first-order valence-electron chi connectivity index (χ1n) is 5.96. The SMILES string of the molecule is CN(Cc1ccccc1)S(=O)(=O)c1ccc(Cl)c(N)c1. The zero-order chi connectivity index (χ0) is 14.8. The minimum atomic E-state index is -3.58. The van der Waals surface area contributed by atoms with Crippen LogP contribution in [0.15, 0.2) is 53.4 Å². The van der Waals surface area contributed by atoms with Crippen LogP contribution >= 0.6 is 11.6 Å². The Hall–Kier alpha value is -1.56. The Balaban J connectivity index is 2.27. The highest BCUT2D eigenvalue weighted by atomic mass is 35.5. The summed E-state index contributed by atoms with van der Waals surface area (Å²) in [7, 11) is -2.05. The van der Waals surface area contributed by atoms with Crippen LogP contribution in [0.4, 0.5) is 5.69 Å². The average Bonchev–Trinajstić information content (AvgIpc) is 2.42. The van der Waals surface area contributed by atoms with Crippen LogP contribution in [0.3, 0.4) is 0 Å². The van der Waals surface area contributed by atoms with E-state index in [1.165, 1.54) is 29.6 Å². The van der Waals surface area contributed by atoms with Gasteiger partial charge in [0.2, 0.25) is 10.0 Å². The second-order valence-electron chi connectivity index (χ2n) is 4.43. The van der Waals surface area contributed by atoms with Crippen LogP contribution in [0.2, 0.25) is 5.02 Å². The molecule has 0 fully saturated rings. The standard InChI is InChI=1S/C14H15ClN2O2S/c1-17(10-11-5-3-2-4-6-11)20(18,19)12-7-8-13(15)14(16)9-12/h2-9H,10,16H2,1H3. The Morgan fingerprint density at radius 1 is 1.15 bits per heavy atom. The maximum atomic E-state index is 12.4. The number of nitrogens with two attached hydrogens (primary N) is 1. The van der Waals surface area contributed by atoms with Crippen LogP contribution in [-0.2, 0) is 16.6 Å². The number of rotatable bonds is 4. The van der Waals surface area contributed by atoms with Gasteiger partial charge < -0.3 is 5.73 Å². The Kier molecular flexibility index (Phi) is 4.32. The van der Waals surface area contributed by atoms with Gasteiger partial charge in [0.25, 0.3) is 0 Å². The summed E-state index contributed by atoms with van der Waals surface area (Å²) in [5, 5.41) is 0.342. The zero-order valence-corrected chi connectivity index (χ0v) is 12.5. The monoisotopic (exact) mass is 310 g/mol. The van der Waals surface area contributed by atoms with E-state index in [-0.39, 0.29) is 10.6 Å². The van der Waals surface area contributed by atoms with Gasteiger partial charge in [0.05, 0.1) is 15.6 Å². The van der Waals surface area contributed by atoms with Gasteiger partial charge in [0.15, 0.2) is 0 Å². The van der Waals surface area contributed by atoms with Gasteiger partial charge >= 0.3 is 0 Å². The molecule has 0 saturated heterocycles. The molecule has 0 aliphatic carbocycles. The molecule has 0 atom stereocenters. The molecule has 20 heavy (non-hydrogen) atoms. The van der Waals surface area contributed by atoms with Crippen molar-refractivity contribution in [2.75, 3.05) is 12.8 Å². The lowest BCUT2D eigenvalue weighted by Gasteiger charge is -2.17. The normalized spacial score (nSPS) is 11.8. The molecule has 0 saturated carbocycles. The second kappa shape index (κ2) is 5.83. The van der Waals surface area contributed by atoms with E-state index in [4.69, 9.17) is 17.3 Å². The first kappa shape index (κ1) is 14.8. The number of nitrogens with zero attached hydrogens (tertiary/aromatic N) is 1. The summed E-state index contributed by atoms with van der Waals surface area (Å²) in [6, 6.07) is 13.7. The minimum absolute atomic E-state index is 0.137. The van der Waals surface area contributed by atoms with Crippen molar-refractivity contribution < 1.29 is 8.42 Å². The van der Waals surface area contributed by atoms with Crippen molar-refractivity contribution in [3.8, 4) is 0 Å². The number of hydrogen-bond donors (Lipinski definition) is 1. The summed E-state index contributed by atoms with van der Waals surface area (Å²) < 4.78 is 26.1.